The van der Waals surface area contributed by atoms with Crippen LogP contribution < -0.4 is 0 Å². The maximum absolute atomic E-state index is 12.5. The lowest BCUT2D eigenvalue weighted by atomic mass is 9.94. The molecule has 0 aromatic heterocycles. The molecule has 1 saturated heterocycles. The fourth-order valence-corrected chi connectivity index (χ4v) is 4.07. The van der Waals surface area contributed by atoms with Crippen molar-refractivity contribution in [2.45, 2.75) is 19.9 Å². The lowest BCUT2D eigenvalue weighted by Crippen LogP contribution is -2.36. The molecule has 2 aliphatic rings. The van der Waals surface area contributed by atoms with E-state index in [1.54, 1.807) is 11.8 Å². The molecule has 0 N–H and O–H groups in total. The van der Waals surface area contributed by atoms with Crippen molar-refractivity contribution in [3.05, 3.63) is 45.6 Å². The van der Waals surface area contributed by atoms with Gasteiger partial charge in [0, 0.05) is 16.8 Å². The number of nitrogens with zero attached hydrogens (tertiary/aromatic N) is 2. The zero-order valence-corrected chi connectivity index (χ0v) is 17.0. The predicted octanol–water partition coefficient (Wildman–Crippen LogP) is 4.32. The molecule has 2 aliphatic heterocycles. The fraction of sp³-hybridized carbons (Fsp3) is 0.375. The van der Waals surface area contributed by atoms with Crippen LogP contribution in [0, 0.1) is 0 Å². The number of hydrogen-bond donors (Lipinski definition) is 0. The van der Waals surface area contributed by atoms with Crippen molar-refractivity contribution in [3.63, 3.8) is 0 Å². The first kappa shape index (κ1) is 18.5. The molecule has 0 radical (unpaired) electrons. The molecule has 124 valence electrons. The molecule has 4 nitrogen and oxygen atoms in total. The van der Waals surface area contributed by atoms with Crippen LogP contribution >= 0.6 is 44.7 Å². The smallest absolute Gasteiger partial charge is 0.338 e. The number of hydrogen-bond acceptors (Lipinski definition) is 5. The van der Waals surface area contributed by atoms with Gasteiger partial charge in [0.15, 0.2) is 5.17 Å². The zero-order valence-electron chi connectivity index (χ0n) is 12.9. The Kier molecular flexibility index (Phi) is 6.33. The lowest BCUT2D eigenvalue weighted by molar-refractivity contribution is -0.139. The third-order valence-corrected chi connectivity index (χ3v) is 5.23. The standard InChI is InChI=1S/C16H17BrN2O2S.BrH/c1-3-21-15(20)13-10(2)18-16-19(8-9-22-16)14(13)11-4-6-12(17)7-5-11;/h4-7,14H,3,8-9H2,1-2H3;1H. The Morgan fingerprint density at radius 2 is 2.13 bits per heavy atom. The van der Waals surface area contributed by atoms with Crippen LogP contribution in [-0.4, -0.2) is 34.9 Å². The van der Waals surface area contributed by atoms with Gasteiger partial charge >= 0.3 is 5.97 Å². The third-order valence-electron chi connectivity index (χ3n) is 3.73. The molecule has 0 bridgehead atoms. The molecule has 0 saturated carbocycles. The molecule has 1 unspecified atom stereocenters. The van der Waals surface area contributed by atoms with Crippen LogP contribution in [0.1, 0.15) is 25.5 Å². The highest BCUT2D eigenvalue weighted by atomic mass is 79.9. The Labute approximate surface area is 159 Å². The van der Waals surface area contributed by atoms with Gasteiger partial charge in [0.25, 0.3) is 0 Å². The van der Waals surface area contributed by atoms with Crippen LogP contribution in [0.5, 0.6) is 0 Å². The normalized spacial score (nSPS) is 19.9. The molecule has 1 atom stereocenters. The second kappa shape index (κ2) is 7.85. The zero-order chi connectivity index (χ0) is 15.7. The molecule has 0 amide bonds. The second-order valence-corrected chi connectivity index (χ2v) is 7.09. The maximum atomic E-state index is 12.5. The lowest BCUT2D eigenvalue weighted by Gasteiger charge is -2.34. The monoisotopic (exact) mass is 460 g/mol. The van der Waals surface area contributed by atoms with Gasteiger partial charge in [-0.15, -0.1) is 17.0 Å². The van der Waals surface area contributed by atoms with Crippen LogP contribution in [0.3, 0.4) is 0 Å². The molecular weight excluding hydrogens is 444 g/mol. The minimum Gasteiger partial charge on any atom is -0.463 e. The Hall–Kier alpha value is -0.790. The minimum absolute atomic E-state index is 0. The van der Waals surface area contributed by atoms with E-state index in [4.69, 9.17) is 4.74 Å². The quantitative estimate of drug-likeness (QED) is 0.628. The van der Waals surface area contributed by atoms with Gasteiger partial charge in [-0.05, 0) is 31.5 Å². The molecule has 23 heavy (non-hydrogen) atoms. The molecule has 7 heteroatoms. The van der Waals surface area contributed by atoms with E-state index in [1.165, 1.54) is 0 Å². The summed E-state index contributed by atoms with van der Waals surface area (Å²) in [6.07, 6.45) is 0. The molecule has 2 heterocycles. The van der Waals surface area contributed by atoms with Crippen LogP contribution in [0.25, 0.3) is 0 Å². The van der Waals surface area contributed by atoms with Crippen molar-refractivity contribution < 1.29 is 9.53 Å². The first-order chi connectivity index (χ1) is 10.6. The van der Waals surface area contributed by atoms with E-state index in [-0.39, 0.29) is 29.0 Å². The summed E-state index contributed by atoms with van der Waals surface area (Å²) in [7, 11) is 0. The van der Waals surface area contributed by atoms with E-state index < -0.39 is 0 Å². The molecule has 0 aliphatic carbocycles. The van der Waals surface area contributed by atoms with Crippen molar-refractivity contribution >= 4 is 55.8 Å². The summed E-state index contributed by atoms with van der Waals surface area (Å²) in [5.41, 5.74) is 2.49. The number of halogens is 2. The number of aliphatic imine (C=N–C) groups is 1. The van der Waals surface area contributed by atoms with E-state index in [0.717, 1.165) is 33.2 Å². The summed E-state index contributed by atoms with van der Waals surface area (Å²) >= 11 is 5.20. The Morgan fingerprint density at radius 3 is 2.78 bits per heavy atom. The van der Waals surface area contributed by atoms with E-state index >= 15 is 0 Å². The fourth-order valence-electron chi connectivity index (χ4n) is 2.77. The number of esters is 1. The Balaban J connectivity index is 0.00000192. The highest BCUT2D eigenvalue weighted by molar-refractivity contribution is 9.10. The number of allylic oxidation sites excluding steroid dienone is 1. The van der Waals surface area contributed by atoms with Crippen LogP contribution in [0.15, 0.2) is 45.0 Å². The first-order valence-electron chi connectivity index (χ1n) is 7.23. The molecule has 1 aromatic rings. The number of carbonyl (C=O) groups is 1. The van der Waals surface area contributed by atoms with Gasteiger partial charge in [0.2, 0.25) is 0 Å². The van der Waals surface area contributed by atoms with E-state index in [0.29, 0.717) is 12.2 Å². The average Bonchev–Trinajstić information content (AvgIpc) is 2.94. The summed E-state index contributed by atoms with van der Waals surface area (Å²) < 4.78 is 6.29. The van der Waals surface area contributed by atoms with E-state index in [2.05, 4.69) is 25.8 Å². The van der Waals surface area contributed by atoms with Gasteiger partial charge in [-0.2, -0.15) is 0 Å². The van der Waals surface area contributed by atoms with Crippen molar-refractivity contribution in [1.82, 2.24) is 4.90 Å². The summed E-state index contributed by atoms with van der Waals surface area (Å²) in [5, 5.41) is 0.999. The number of thioether (sulfide) groups is 1. The van der Waals surface area contributed by atoms with E-state index in [1.807, 2.05) is 38.1 Å². The van der Waals surface area contributed by atoms with E-state index in [9.17, 15) is 4.79 Å². The summed E-state index contributed by atoms with van der Waals surface area (Å²) in [5.74, 6) is 0.725. The third kappa shape index (κ3) is 3.67. The minimum atomic E-state index is -0.271. The van der Waals surface area contributed by atoms with Crippen LogP contribution in [0.2, 0.25) is 0 Å². The van der Waals surface area contributed by atoms with Gasteiger partial charge in [-0.1, -0.05) is 39.8 Å². The van der Waals surface area contributed by atoms with Gasteiger partial charge < -0.3 is 9.64 Å². The highest BCUT2D eigenvalue weighted by Crippen LogP contribution is 2.40. The number of rotatable bonds is 3. The van der Waals surface area contributed by atoms with Crippen molar-refractivity contribution in [1.29, 1.82) is 0 Å². The number of benzene rings is 1. The van der Waals surface area contributed by atoms with Gasteiger partial charge in [-0.3, -0.25) is 0 Å². The molecule has 1 aromatic carbocycles. The number of ether oxygens (including phenoxy) is 1. The molecule has 3 rings (SSSR count). The van der Waals surface area contributed by atoms with Gasteiger partial charge in [0.1, 0.15) is 0 Å². The highest BCUT2D eigenvalue weighted by Gasteiger charge is 2.38. The first-order valence-corrected chi connectivity index (χ1v) is 9.01. The molecule has 1 fully saturated rings. The summed E-state index contributed by atoms with van der Waals surface area (Å²) in [6, 6.07) is 7.99. The van der Waals surface area contributed by atoms with Crippen molar-refractivity contribution in [2.75, 3.05) is 18.9 Å². The molecule has 0 spiro atoms. The summed E-state index contributed by atoms with van der Waals surface area (Å²) in [6.45, 7) is 4.97. The second-order valence-electron chi connectivity index (χ2n) is 5.11. The average molecular weight is 462 g/mol. The number of amidine groups is 1. The number of fused-ring (bicyclic) bond motifs is 1. The Bertz CT molecular complexity index is 659. The predicted molar refractivity (Wildman–Crippen MR) is 103 cm³/mol. The molecular formula is C16H18Br2N2O2S. The largest absolute Gasteiger partial charge is 0.463 e. The van der Waals surface area contributed by atoms with Crippen LogP contribution in [-0.2, 0) is 9.53 Å². The summed E-state index contributed by atoms with van der Waals surface area (Å²) in [4.78, 5) is 19.3. The van der Waals surface area contributed by atoms with Crippen molar-refractivity contribution in [3.8, 4) is 0 Å². The maximum Gasteiger partial charge on any atom is 0.338 e. The van der Waals surface area contributed by atoms with Gasteiger partial charge in [0.05, 0.1) is 23.9 Å². The van der Waals surface area contributed by atoms with Crippen LogP contribution in [0.4, 0.5) is 0 Å². The van der Waals surface area contributed by atoms with Crippen molar-refractivity contribution in [2.24, 2.45) is 4.99 Å². The Morgan fingerprint density at radius 1 is 1.43 bits per heavy atom. The topological polar surface area (TPSA) is 41.9 Å². The SMILES string of the molecule is Br.CCOC(=O)C1=C(C)N=C2SCCN2C1c1ccc(Br)cc1. The number of carbonyl (C=O) groups excluding carboxylic acids is 1. The van der Waals surface area contributed by atoms with Gasteiger partial charge in [-0.25, -0.2) is 9.79 Å².